The molecule has 0 aliphatic carbocycles. The molecule has 2 aromatic rings. The van der Waals surface area contributed by atoms with E-state index in [0.29, 0.717) is 5.75 Å². The molecule has 2 nitrogen and oxygen atoms in total. The maximum Gasteiger partial charge on any atom is 0.357 e. The van der Waals surface area contributed by atoms with Crippen molar-refractivity contribution in [1.82, 2.24) is 0 Å². The summed E-state index contributed by atoms with van der Waals surface area (Å²) in [6.45, 7) is 3.04. The van der Waals surface area contributed by atoms with Crippen LogP contribution in [0.15, 0.2) is 48.5 Å². The van der Waals surface area contributed by atoms with Crippen molar-refractivity contribution in [2.75, 3.05) is 6.61 Å². The summed E-state index contributed by atoms with van der Waals surface area (Å²) in [5.41, 5.74) is 0. The molecule has 31 heavy (non-hydrogen) atoms. The van der Waals surface area contributed by atoms with Crippen LogP contribution in [0.4, 0.5) is 0 Å². The number of hydrogen-bond acceptors (Lipinski definition) is 2. The van der Waals surface area contributed by atoms with E-state index in [1.807, 2.05) is 12.1 Å². The van der Waals surface area contributed by atoms with Crippen LogP contribution in [0, 0.1) is 55.2 Å². The van der Waals surface area contributed by atoms with E-state index in [0.717, 1.165) is 18.8 Å². The molecular formula is C28H26IO2+. The van der Waals surface area contributed by atoms with E-state index in [-0.39, 0.29) is 21.2 Å². The summed E-state index contributed by atoms with van der Waals surface area (Å²) in [5.74, 6) is 16.4. The molecule has 0 fully saturated rings. The Kier molecular flexibility index (Phi) is 12.4. The van der Waals surface area contributed by atoms with Gasteiger partial charge in [-0.1, -0.05) is 39.0 Å². The van der Waals surface area contributed by atoms with Gasteiger partial charge in [0.05, 0.1) is 6.61 Å². The average molecular weight is 521 g/mol. The molecule has 2 aromatic carbocycles. The second-order valence-corrected chi connectivity index (χ2v) is 9.62. The standard InChI is InChI=1S/C28H26IO2/c1-3-5-7-9-11-13-23-30-27-19-15-25(16-20-27)29-26-17-21-28(22-18-26)31-24-14-12-10-8-6-4-2/h1,15-22H,4,6,8,10,12,14,24H2,2H3/q+1. The lowest BCUT2D eigenvalue weighted by Crippen LogP contribution is -3.61. The number of terminal acetylenes is 1. The van der Waals surface area contributed by atoms with Crippen molar-refractivity contribution in [3.63, 3.8) is 0 Å². The maximum absolute atomic E-state index is 5.86. The number of halogens is 1. The molecule has 0 amide bonds. The minimum atomic E-state index is -0.249. The second-order valence-electron chi connectivity index (χ2n) is 6.59. The molecule has 0 spiro atoms. The fraction of sp³-hybridized carbons (Fsp3) is 0.286. The summed E-state index contributed by atoms with van der Waals surface area (Å²) in [4.78, 5) is 0. The van der Waals surface area contributed by atoms with E-state index in [2.05, 4.69) is 85.0 Å². The summed E-state index contributed by atoms with van der Waals surface area (Å²) in [6, 6.07) is 16.5. The Labute approximate surface area is 197 Å². The van der Waals surface area contributed by atoms with Crippen molar-refractivity contribution in [1.29, 1.82) is 0 Å². The molecule has 0 aliphatic rings. The first-order valence-electron chi connectivity index (χ1n) is 10.4. The van der Waals surface area contributed by atoms with Crippen molar-refractivity contribution in [3.8, 4) is 59.6 Å². The van der Waals surface area contributed by atoms with Gasteiger partial charge in [0.1, 0.15) is 17.6 Å². The first kappa shape index (κ1) is 24.3. The third kappa shape index (κ3) is 11.1. The molecule has 3 heteroatoms. The highest BCUT2D eigenvalue weighted by atomic mass is 127. The predicted molar refractivity (Wildman–Crippen MR) is 122 cm³/mol. The lowest BCUT2D eigenvalue weighted by molar-refractivity contribution is -0.597. The van der Waals surface area contributed by atoms with Crippen molar-refractivity contribution >= 4 is 0 Å². The first-order valence-corrected chi connectivity index (χ1v) is 12.6. The van der Waals surface area contributed by atoms with Gasteiger partial charge >= 0.3 is 21.2 Å². The van der Waals surface area contributed by atoms with Crippen LogP contribution in [0.25, 0.3) is 0 Å². The molecule has 0 radical (unpaired) electrons. The molecule has 0 saturated heterocycles. The van der Waals surface area contributed by atoms with Crippen molar-refractivity contribution in [2.24, 2.45) is 0 Å². The zero-order valence-electron chi connectivity index (χ0n) is 17.8. The molecule has 0 atom stereocenters. The van der Waals surface area contributed by atoms with Gasteiger partial charge in [-0.2, -0.15) is 0 Å². The third-order valence-electron chi connectivity index (χ3n) is 4.15. The normalized spacial score (nSPS) is 9.03. The van der Waals surface area contributed by atoms with Gasteiger partial charge < -0.3 is 9.47 Å². The number of unbranched alkanes of at least 4 members (excludes halogenated alkanes) is 5. The predicted octanol–water partition coefficient (Wildman–Crippen LogP) is 2.53. The molecule has 2 rings (SSSR count). The van der Waals surface area contributed by atoms with Crippen LogP contribution in [0.2, 0.25) is 0 Å². The monoisotopic (exact) mass is 521 g/mol. The van der Waals surface area contributed by atoms with Gasteiger partial charge in [0.2, 0.25) is 0 Å². The Morgan fingerprint density at radius 3 is 1.97 bits per heavy atom. The van der Waals surface area contributed by atoms with E-state index >= 15 is 0 Å². The van der Waals surface area contributed by atoms with Crippen LogP contribution in [0.3, 0.4) is 0 Å². The van der Waals surface area contributed by atoms with Gasteiger partial charge in [-0.3, -0.25) is 0 Å². The Hall–Kier alpha value is -2.99. The molecule has 156 valence electrons. The molecule has 0 N–H and O–H groups in total. The Morgan fingerprint density at radius 1 is 0.710 bits per heavy atom. The van der Waals surface area contributed by atoms with Crippen LogP contribution in [-0.4, -0.2) is 6.61 Å². The molecule has 0 unspecified atom stereocenters. The van der Waals surface area contributed by atoms with Gasteiger partial charge in [0.15, 0.2) is 7.14 Å². The second kappa shape index (κ2) is 15.8. The highest BCUT2D eigenvalue weighted by Gasteiger charge is 2.15. The number of ether oxygens (including phenoxy) is 2. The maximum atomic E-state index is 5.86. The highest BCUT2D eigenvalue weighted by molar-refractivity contribution is 5.39. The third-order valence-corrected chi connectivity index (χ3v) is 6.84. The molecular weight excluding hydrogens is 495 g/mol. The smallest absolute Gasteiger partial charge is 0.357 e. The van der Waals surface area contributed by atoms with Crippen LogP contribution < -0.4 is 30.7 Å². The van der Waals surface area contributed by atoms with Gasteiger partial charge in [-0.25, -0.2) is 0 Å². The Bertz CT molecular complexity index is 1010. The van der Waals surface area contributed by atoms with E-state index in [9.17, 15) is 0 Å². The lowest BCUT2D eigenvalue weighted by Gasteiger charge is -2.05. The summed E-state index contributed by atoms with van der Waals surface area (Å²) in [6.07, 6.45) is 15.2. The van der Waals surface area contributed by atoms with E-state index < -0.39 is 0 Å². The SMILES string of the molecule is C#CC#CC#CC#COc1ccc([I+]c2ccc(OCCCCCCCC)cc2)cc1. The summed E-state index contributed by atoms with van der Waals surface area (Å²) >= 11 is -0.249. The number of rotatable bonds is 11. The minimum Gasteiger partial charge on any atom is -0.494 e. The zero-order valence-corrected chi connectivity index (χ0v) is 20.0. The Morgan fingerprint density at radius 2 is 1.29 bits per heavy atom. The van der Waals surface area contributed by atoms with Gasteiger partial charge in [-0.05, 0) is 72.7 Å². The van der Waals surface area contributed by atoms with Crippen molar-refractivity contribution in [2.45, 2.75) is 45.4 Å². The molecule has 0 aromatic heterocycles. The van der Waals surface area contributed by atoms with Crippen LogP contribution >= 0.6 is 0 Å². The fourth-order valence-electron chi connectivity index (χ4n) is 2.60. The molecule has 0 aliphatic heterocycles. The summed E-state index contributed by atoms with van der Waals surface area (Å²) in [5, 5.41) is 0. The van der Waals surface area contributed by atoms with Crippen LogP contribution in [0.5, 0.6) is 11.5 Å². The molecule has 0 heterocycles. The van der Waals surface area contributed by atoms with E-state index in [4.69, 9.17) is 15.9 Å². The van der Waals surface area contributed by atoms with Gasteiger partial charge in [0, 0.05) is 17.8 Å². The highest BCUT2D eigenvalue weighted by Crippen LogP contribution is 2.11. The van der Waals surface area contributed by atoms with E-state index in [1.54, 1.807) is 0 Å². The summed E-state index contributed by atoms with van der Waals surface area (Å²) in [7, 11) is 0. The fourth-order valence-corrected chi connectivity index (χ4v) is 4.76. The zero-order chi connectivity index (χ0) is 22.0. The van der Waals surface area contributed by atoms with Crippen molar-refractivity contribution < 1.29 is 30.7 Å². The molecule has 0 bridgehead atoms. The quantitative estimate of drug-likeness (QED) is 0.257. The Balaban J connectivity index is 1.73. The van der Waals surface area contributed by atoms with E-state index in [1.165, 1.54) is 39.2 Å². The average Bonchev–Trinajstić information content (AvgIpc) is 2.80. The van der Waals surface area contributed by atoms with Gasteiger partial charge in [0.25, 0.3) is 0 Å². The number of benzene rings is 2. The minimum absolute atomic E-state index is 0.249. The summed E-state index contributed by atoms with van der Waals surface area (Å²) < 4.78 is 13.9. The topological polar surface area (TPSA) is 18.5 Å². The van der Waals surface area contributed by atoms with Gasteiger partial charge in [-0.15, -0.1) is 6.42 Å². The first-order chi connectivity index (χ1) is 15.3. The molecule has 0 saturated carbocycles. The largest absolute Gasteiger partial charge is 0.494 e. The lowest BCUT2D eigenvalue weighted by atomic mass is 10.1. The van der Waals surface area contributed by atoms with Crippen molar-refractivity contribution in [3.05, 3.63) is 55.7 Å². The number of hydrogen-bond donors (Lipinski definition) is 0. The van der Waals surface area contributed by atoms with Crippen LogP contribution in [-0.2, 0) is 0 Å². The van der Waals surface area contributed by atoms with Crippen LogP contribution in [0.1, 0.15) is 45.4 Å².